The maximum Gasteiger partial charge on any atom is 0.164 e. The van der Waals surface area contributed by atoms with E-state index in [4.69, 9.17) is 15.0 Å². The average Bonchev–Trinajstić information content (AvgIpc) is 3.19. The summed E-state index contributed by atoms with van der Waals surface area (Å²) in [7, 11) is 0. The monoisotopic (exact) mass is 613 g/mol. The molecule has 0 radical (unpaired) electrons. The van der Waals surface area contributed by atoms with Crippen LogP contribution in [0.4, 0.5) is 0 Å². The van der Waals surface area contributed by atoms with E-state index < -0.39 is 0 Å². The number of rotatable bonds is 7. The highest BCUT2D eigenvalue weighted by molar-refractivity contribution is 5.82. The minimum absolute atomic E-state index is 0.634. The molecule has 226 valence electrons. The smallest absolute Gasteiger partial charge is 0.164 e. The van der Waals surface area contributed by atoms with Crippen LogP contribution in [0.2, 0.25) is 0 Å². The zero-order valence-corrected chi connectivity index (χ0v) is 26.2. The van der Waals surface area contributed by atoms with Gasteiger partial charge in [0.2, 0.25) is 0 Å². The molecule has 0 saturated carbocycles. The lowest BCUT2D eigenvalue weighted by Gasteiger charge is -2.13. The molecule has 48 heavy (non-hydrogen) atoms. The van der Waals surface area contributed by atoms with Crippen LogP contribution in [0.15, 0.2) is 188 Å². The highest BCUT2D eigenvalue weighted by Crippen LogP contribution is 2.35. The van der Waals surface area contributed by atoms with Crippen molar-refractivity contribution in [2.24, 2.45) is 0 Å². The summed E-state index contributed by atoms with van der Waals surface area (Å²) in [5, 5.41) is 0. The predicted octanol–water partition coefficient (Wildman–Crippen LogP) is 11.5. The maximum absolute atomic E-state index is 5.05. The molecule has 0 fully saturated rings. The van der Waals surface area contributed by atoms with E-state index in [1.165, 1.54) is 16.7 Å². The number of benzene rings is 7. The Labute approximate surface area is 280 Å². The molecule has 8 aromatic rings. The minimum Gasteiger partial charge on any atom is -0.208 e. The molecule has 1 aromatic heterocycles. The molecule has 0 saturated heterocycles. The molecule has 0 aliphatic rings. The largest absolute Gasteiger partial charge is 0.208 e. The molecule has 0 bridgehead atoms. The Kier molecular flexibility index (Phi) is 7.92. The van der Waals surface area contributed by atoms with Crippen LogP contribution >= 0.6 is 0 Å². The van der Waals surface area contributed by atoms with Gasteiger partial charge in [-0.1, -0.05) is 164 Å². The third-order valence-corrected chi connectivity index (χ3v) is 8.52. The van der Waals surface area contributed by atoms with Gasteiger partial charge in [-0.2, -0.15) is 0 Å². The predicted molar refractivity (Wildman–Crippen MR) is 198 cm³/mol. The van der Waals surface area contributed by atoms with Crippen LogP contribution in [0.25, 0.3) is 78.7 Å². The van der Waals surface area contributed by atoms with Gasteiger partial charge in [0.15, 0.2) is 17.5 Å². The first-order chi connectivity index (χ1) is 23.8. The molecule has 0 aliphatic carbocycles. The summed E-state index contributed by atoms with van der Waals surface area (Å²) in [5.74, 6) is 1.92. The summed E-state index contributed by atoms with van der Waals surface area (Å²) in [5.41, 5.74) is 12.0. The van der Waals surface area contributed by atoms with Crippen molar-refractivity contribution in [3.8, 4) is 78.7 Å². The van der Waals surface area contributed by atoms with E-state index in [2.05, 4.69) is 115 Å². The Bertz CT molecular complexity index is 2240. The highest BCUT2D eigenvalue weighted by Gasteiger charge is 2.15. The Hall–Kier alpha value is -6.45. The fourth-order valence-electron chi connectivity index (χ4n) is 6.02. The van der Waals surface area contributed by atoms with Crippen molar-refractivity contribution >= 4 is 0 Å². The molecular formula is C45H31N3. The van der Waals surface area contributed by atoms with Gasteiger partial charge < -0.3 is 0 Å². The van der Waals surface area contributed by atoms with E-state index in [1.54, 1.807) is 0 Å². The van der Waals surface area contributed by atoms with Crippen molar-refractivity contribution in [1.29, 1.82) is 0 Å². The van der Waals surface area contributed by atoms with Crippen LogP contribution in [0.3, 0.4) is 0 Å². The van der Waals surface area contributed by atoms with Gasteiger partial charge in [0.1, 0.15) is 0 Å². The summed E-state index contributed by atoms with van der Waals surface area (Å²) in [6, 6.07) is 65.4. The SMILES string of the molecule is c1ccc(-c2ccc(-c3cccc(-c4cc(-c5ccccc5)cc(-c5nc(-c6ccccc6)nc(-c6ccccc6)n5)c4)c3)cc2)cc1. The molecule has 0 atom stereocenters. The van der Waals surface area contributed by atoms with Gasteiger partial charge in [0, 0.05) is 16.7 Å². The van der Waals surface area contributed by atoms with Crippen molar-refractivity contribution in [2.75, 3.05) is 0 Å². The summed E-state index contributed by atoms with van der Waals surface area (Å²) in [6.07, 6.45) is 0. The molecule has 8 rings (SSSR count). The number of aromatic nitrogens is 3. The molecule has 0 spiro atoms. The zero-order chi connectivity index (χ0) is 32.1. The summed E-state index contributed by atoms with van der Waals surface area (Å²) < 4.78 is 0. The molecule has 0 aliphatic heterocycles. The van der Waals surface area contributed by atoms with Gasteiger partial charge in [-0.15, -0.1) is 0 Å². The van der Waals surface area contributed by atoms with Gasteiger partial charge in [0.25, 0.3) is 0 Å². The number of hydrogen-bond donors (Lipinski definition) is 0. The van der Waals surface area contributed by atoms with Crippen molar-refractivity contribution in [3.63, 3.8) is 0 Å². The Morgan fingerprint density at radius 2 is 0.458 bits per heavy atom. The van der Waals surface area contributed by atoms with Crippen LogP contribution < -0.4 is 0 Å². The summed E-state index contributed by atoms with van der Waals surface area (Å²) >= 11 is 0. The van der Waals surface area contributed by atoms with Gasteiger partial charge >= 0.3 is 0 Å². The quantitative estimate of drug-likeness (QED) is 0.179. The van der Waals surface area contributed by atoms with Crippen molar-refractivity contribution in [1.82, 2.24) is 15.0 Å². The summed E-state index contributed by atoms with van der Waals surface area (Å²) in [6.45, 7) is 0. The van der Waals surface area contributed by atoms with Crippen LogP contribution in [0.1, 0.15) is 0 Å². The highest BCUT2D eigenvalue weighted by atomic mass is 15.0. The second-order valence-electron chi connectivity index (χ2n) is 11.7. The number of hydrogen-bond acceptors (Lipinski definition) is 3. The topological polar surface area (TPSA) is 38.7 Å². The van der Waals surface area contributed by atoms with E-state index in [-0.39, 0.29) is 0 Å². The first-order valence-electron chi connectivity index (χ1n) is 16.1. The lowest BCUT2D eigenvalue weighted by molar-refractivity contribution is 1.07. The normalized spacial score (nSPS) is 10.9. The summed E-state index contributed by atoms with van der Waals surface area (Å²) in [4.78, 5) is 15.0. The third-order valence-electron chi connectivity index (χ3n) is 8.52. The standard InChI is InChI=1S/C45H31N3/c1-5-14-32(15-6-1)34-24-26-35(27-25-34)38-22-13-23-39(28-38)41-29-40(33-16-7-2-8-17-33)30-42(31-41)45-47-43(36-18-9-3-10-19-36)46-44(48-45)37-20-11-4-12-21-37/h1-31H. The fourth-order valence-corrected chi connectivity index (χ4v) is 6.02. The van der Waals surface area contributed by atoms with Crippen LogP contribution in [-0.4, -0.2) is 15.0 Å². The zero-order valence-electron chi connectivity index (χ0n) is 26.2. The Morgan fingerprint density at radius 1 is 0.188 bits per heavy atom. The lowest BCUT2D eigenvalue weighted by atomic mass is 9.93. The average molecular weight is 614 g/mol. The number of nitrogens with zero attached hydrogens (tertiary/aromatic N) is 3. The second-order valence-corrected chi connectivity index (χ2v) is 11.7. The molecule has 1 heterocycles. The van der Waals surface area contributed by atoms with E-state index in [9.17, 15) is 0 Å². The van der Waals surface area contributed by atoms with Gasteiger partial charge in [-0.25, -0.2) is 15.0 Å². The van der Waals surface area contributed by atoms with Crippen molar-refractivity contribution in [3.05, 3.63) is 188 Å². The molecule has 7 aromatic carbocycles. The molecule has 3 heteroatoms. The van der Waals surface area contributed by atoms with E-state index in [0.717, 1.165) is 44.5 Å². The van der Waals surface area contributed by atoms with E-state index in [1.807, 2.05) is 72.8 Å². The fraction of sp³-hybridized carbons (Fsp3) is 0. The van der Waals surface area contributed by atoms with Gasteiger partial charge in [-0.05, 0) is 68.8 Å². The van der Waals surface area contributed by atoms with Crippen LogP contribution in [0.5, 0.6) is 0 Å². The van der Waals surface area contributed by atoms with Crippen LogP contribution in [-0.2, 0) is 0 Å². The maximum atomic E-state index is 5.05. The molecular weight excluding hydrogens is 583 g/mol. The Balaban J connectivity index is 1.25. The lowest BCUT2D eigenvalue weighted by Crippen LogP contribution is -2.00. The van der Waals surface area contributed by atoms with E-state index >= 15 is 0 Å². The molecule has 0 unspecified atom stereocenters. The third kappa shape index (κ3) is 6.18. The first-order valence-corrected chi connectivity index (χ1v) is 16.1. The first kappa shape index (κ1) is 29.0. The van der Waals surface area contributed by atoms with Crippen LogP contribution in [0, 0.1) is 0 Å². The molecule has 3 nitrogen and oxygen atoms in total. The van der Waals surface area contributed by atoms with E-state index in [0.29, 0.717) is 17.5 Å². The molecule has 0 amide bonds. The van der Waals surface area contributed by atoms with Gasteiger partial charge in [-0.3, -0.25) is 0 Å². The van der Waals surface area contributed by atoms with Crippen molar-refractivity contribution < 1.29 is 0 Å². The molecule has 0 N–H and O–H groups in total. The Morgan fingerprint density at radius 3 is 0.938 bits per heavy atom. The van der Waals surface area contributed by atoms with Crippen molar-refractivity contribution in [2.45, 2.75) is 0 Å². The minimum atomic E-state index is 0.634. The second kappa shape index (κ2) is 13.1. The van der Waals surface area contributed by atoms with Gasteiger partial charge in [0.05, 0.1) is 0 Å².